The third kappa shape index (κ3) is 2.40. The summed E-state index contributed by atoms with van der Waals surface area (Å²) in [6.07, 6.45) is 0. The molecule has 0 unspecified atom stereocenters. The molecule has 0 saturated carbocycles. The number of hydrogen-bond donors (Lipinski definition) is 0. The number of hydrogen-bond acceptors (Lipinski definition) is 0. The lowest BCUT2D eigenvalue weighted by molar-refractivity contribution is 1.44. The average molecular weight is 209 g/mol. The first-order valence-electron chi connectivity index (χ1n) is 3.45. The largest absolute Gasteiger partial charge is 0.0863 e. The third-order valence-corrected chi connectivity index (χ3v) is 1.72. The van der Waals surface area contributed by atoms with E-state index in [9.17, 15) is 0 Å². The van der Waals surface area contributed by atoms with Crippen LogP contribution in [0, 0.1) is 18.8 Å². The van der Waals surface area contributed by atoms with Crippen molar-refractivity contribution in [2.24, 2.45) is 0 Å². The Hall–Kier alpha value is -0.740. The molecule has 1 aromatic carbocycles. The summed E-state index contributed by atoms with van der Waals surface area (Å²) < 4.78 is 0. The van der Waals surface area contributed by atoms with Crippen molar-refractivity contribution in [3.05, 3.63) is 35.4 Å². The Morgan fingerprint density at radius 1 is 1.36 bits per heavy atom. The summed E-state index contributed by atoms with van der Waals surface area (Å²) in [4.78, 5) is 0. The van der Waals surface area contributed by atoms with Gasteiger partial charge in [0.2, 0.25) is 0 Å². The van der Waals surface area contributed by atoms with Gasteiger partial charge in [-0.25, -0.2) is 0 Å². The molecule has 0 aliphatic rings. The minimum absolute atomic E-state index is 0.737. The van der Waals surface area contributed by atoms with Crippen LogP contribution in [-0.2, 0) is 0 Å². The van der Waals surface area contributed by atoms with Crippen molar-refractivity contribution in [1.29, 1.82) is 0 Å². The number of rotatable bonds is 0. The Balaban J connectivity index is 2.95. The summed E-state index contributed by atoms with van der Waals surface area (Å²) in [6, 6.07) is 8.13. The van der Waals surface area contributed by atoms with Crippen molar-refractivity contribution in [1.82, 2.24) is 0 Å². The molecular formula is C10H9Br. The Morgan fingerprint density at radius 3 is 2.73 bits per heavy atom. The van der Waals surface area contributed by atoms with Crippen molar-refractivity contribution in [2.45, 2.75) is 6.92 Å². The van der Waals surface area contributed by atoms with Crippen LogP contribution >= 0.6 is 15.9 Å². The Bertz CT molecular complexity index is 291. The van der Waals surface area contributed by atoms with E-state index in [2.05, 4.69) is 40.8 Å². The van der Waals surface area contributed by atoms with Crippen LogP contribution in [0.4, 0.5) is 0 Å². The van der Waals surface area contributed by atoms with E-state index in [4.69, 9.17) is 0 Å². The van der Waals surface area contributed by atoms with Crippen molar-refractivity contribution in [3.8, 4) is 11.8 Å². The maximum absolute atomic E-state index is 3.26. The van der Waals surface area contributed by atoms with Gasteiger partial charge >= 0.3 is 0 Å². The first-order chi connectivity index (χ1) is 5.34. The first-order valence-corrected chi connectivity index (χ1v) is 4.57. The summed E-state index contributed by atoms with van der Waals surface area (Å²) >= 11 is 3.26. The molecule has 0 aromatic heterocycles. The Morgan fingerprint density at radius 2 is 2.09 bits per heavy atom. The van der Waals surface area contributed by atoms with E-state index in [0.29, 0.717) is 0 Å². The first kappa shape index (κ1) is 8.36. The van der Waals surface area contributed by atoms with Crippen LogP contribution in [0.2, 0.25) is 0 Å². The molecule has 0 N–H and O–H groups in total. The fourth-order valence-corrected chi connectivity index (χ4v) is 0.982. The molecule has 1 aromatic rings. The van der Waals surface area contributed by atoms with E-state index in [1.54, 1.807) is 0 Å². The van der Waals surface area contributed by atoms with E-state index in [1.807, 2.05) is 18.2 Å². The van der Waals surface area contributed by atoms with Gasteiger partial charge in [-0.1, -0.05) is 46.0 Å². The van der Waals surface area contributed by atoms with Gasteiger partial charge in [0, 0.05) is 5.56 Å². The van der Waals surface area contributed by atoms with E-state index in [0.717, 1.165) is 10.9 Å². The molecule has 0 bridgehead atoms. The molecule has 0 atom stereocenters. The molecule has 0 saturated heterocycles. The zero-order chi connectivity index (χ0) is 8.10. The molecule has 56 valence electrons. The molecule has 0 aliphatic heterocycles. The topological polar surface area (TPSA) is 0 Å². The summed E-state index contributed by atoms with van der Waals surface area (Å²) in [5.41, 5.74) is 2.35. The minimum atomic E-state index is 0.737. The van der Waals surface area contributed by atoms with Gasteiger partial charge in [0.15, 0.2) is 0 Å². The van der Waals surface area contributed by atoms with Crippen LogP contribution in [0.1, 0.15) is 11.1 Å². The smallest absolute Gasteiger partial charge is 0.0649 e. The molecule has 1 heteroatoms. The lowest BCUT2D eigenvalue weighted by atomic mass is 10.1. The van der Waals surface area contributed by atoms with Gasteiger partial charge in [-0.15, -0.1) is 0 Å². The summed E-state index contributed by atoms with van der Waals surface area (Å²) in [7, 11) is 0. The second-order valence-electron chi connectivity index (χ2n) is 2.25. The van der Waals surface area contributed by atoms with Gasteiger partial charge in [0.1, 0.15) is 0 Å². The van der Waals surface area contributed by atoms with Crippen LogP contribution in [0.25, 0.3) is 0 Å². The zero-order valence-corrected chi connectivity index (χ0v) is 7.98. The standard InChI is InChI=1S/C10H9Br/c1-9-5-2-3-6-10(9)7-4-8-11/h2-3,5-6H,8H2,1H3. The average Bonchev–Trinajstić information content (AvgIpc) is 2.03. The molecule has 11 heavy (non-hydrogen) atoms. The van der Waals surface area contributed by atoms with E-state index in [1.165, 1.54) is 5.56 Å². The minimum Gasteiger partial charge on any atom is -0.0863 e. The quantitative estimate of drug-likeness (QED) is 0.455. The van der Waals surface area contributed by atoms with Gasteiger partial charge in [-0.3, -0.25) is 0 Å². The van der Waals surface area contributed by atoms with Crippen molar-refractivity contribution in [3.63, 3.8) is 0 Å². The Labute approximate surface area is 75.8 Å². The van der Waals surface area contributed by atoms with Crippen LogP contribution < -0.4 is 0 Å². The van der Waals surface area contributed by atoms with E-state index < -0.39 is 0 Å². The summed E-state index contributed by atoms with van der Waals surface area (Å²) in [5, 5.41) is 0.737. The van der Waals surface area contributed by atoms with Crippen LogP contribution in [0.5, 0.6) is 0 Å². The fraction of sp³-hybridized carbons (Fsp3) is 0.200. The second-order valence-corrected chi connectivity index (χ2v) is 2.81. The molecular weight excluding hydrogens is 200 g/mol. The highest BCUT2D eigenvalue weighted by Gasteiger charge is 1.88. The fourth-order valence-electron chi connectivity index (χ4n) is 0.842. The number of alkyl halides is 1. The van der Waals surface area contributed by atoms with Gasteiger partial charge in [-0.05, 0) is 18.6 Å². The third-order valence-electron chi connectivity index (χ3n) is 1.43. The molecule has 0 amide bonds. The van der Waals surface area contributed by atoms with Gasteiger partial charge in [0.25, 0.3) is 0 Å². The lowest BCUT2D eigenvalue weighted by Gasteiger charge is -1.93. The molecule has 0 aliphatic carbocycles. The predicted molar refractivity (Wildman–Crippen MR) is 51.9 cm³/mol. The van der Waals surface area contributed by atoms with Gasteiger partial charge in [0.05, 0.1) is 5.33 Å². The van der Waals surface area contributed by atoms with Crippen LogP contribution in [-0.4, -0.2) is 5.33 Å². The lowest BCUT2D eigenvalue weighted by Crippen LogP contribution is -1.79. The highest BCUT2D eigenvalue weighted by Crippen LogP contribution is 2.04. The zero-order valence-electron chi connectivity index (χ0n) is 6.39. The normalized spacial score (nSPS) is 8.55. The van der Waals surface area contributed by atoms with Crippen molar-refractivity contribution < 1.29 is 0 Å². The summed E-state index contributed by atoms with van der Waals surface area (Å²) in [5.74, 6) is 6.04. The monoisotopic (exact) mass is 208 g/mol. The summed E-state index contributed by atoms with van der Waals surface area (Å²) in [6.45, 7) is 2.07. The highest BCUT2D eigenvalue weighted by molar-refractivity contribution is 9.09. The van der Waals surface area contributed by atoms with Gasteiger partial charge < -0.3 is 0 Å². The van der Waals surface area contributed by atoms with E-state index in [-0.39, 0.29) is 0 Å². The molecule has 1 rings (SSSR count). The maximum Gasteiger partial charge on any atom is 0.0649 e. The van der Waals surface area contributed by atoms with Crippen LogP contribution in [0.15, 0.2) is 24.3 Å². The molecule has 0 heterocycles. The molecule has 0 spiro atoms. The van der Waals surface area contributed by atoms with Gasteiger partial charge in [-0.2, -0.15) is 0 Å². The Kier molecular flexibility index (Phi) is 3.19. The molecule has 0 radical (unpaired) electrons. The van der Waals surface area contributed by atoms with E-state index >= 15 is 0 Å². The van der Waals surface area contributed by atoms with Crippen molar-refractivity contribution in [2.75, 3.05) is 5.33 Å². The predicted octanol–water partition coefficient (Wildman–Crippen LogP) is 2.74. The number of aryl methyl sites for hydroxylation is 1. The van der Waals surface area contributed by atoms with Crippen molar-refractivity contribution >= 4 is 15.9 Å². The van der Waals surface area contributed by atoms with Crippen LogP contribution in [0.3, 0.4) is 0 Å². The molecule has 0 nitrogen and oxygen atoms in total. The number of benzene rings is 1. The SMILES string of the molecule is Cc1ccccc1C#CCBr. The highest BCUT2D eigenvalue weighted by atomic mass is 79.9. The second kappa shape index (κ2) is 4.20. The molecule has 0 fully saturated rings. The maximum atomic E-state index is 3.26. The number of halogens is 1.